The number of nitrogens with zero attached hydrogens (tertiary/aromatic N) is 2. The van der Waals surface area contributed by atoms with Crippen LogP contribution in [0.25, 0.3) is 0 Å². The Morgan fingerprint density at radius 3 is 2.43 bits per heavy atom. The van der Waals surface area contributed by atoms with Crippen molar-refractivity contribution in [2.24, 2.45) is 11.8 Å². The molecule has 8 heteroatoms. The molecular weight excluding hydrogens is 380 g/mol. The van der Waals surface area contributed by atoms with E-state index in [1.807, 2.05) is 19.9 Å². The monoisotopic (exact) mass is 410 g/mol. The Morgan fingerprint density at radius 2 is 1.93 bits per heavy atom. The van der Waals surface area contributed by atoms with Crippen molar-refractivity contribution in [3.63, 3.8) is 0 Å². The molecule has 7 nitrogen and oxygen atoms in total. The van der Waals surface area contributed by atoms with Gasteiger partial charge in [-0.05, 0) is 51.0 Å². The second-order valence-corrected chi connectivity index (χ2v) is 8.33. The average molecular weight is 411 g/mol. The van der Waals surface area contributed by atoms with E-state index in [0.717, 1.165) is 5.57 Å². The second-order valence-electron chi connectivity index (χ2n) is 7.42. The number of amides is 1. The van der Waals surface area contributed by atoms with E-state index in [-0.39, 0.29) is 23.8 Å². The highest BCUT2D eigenvalue weighted by Gasteiger charge is 2.35. The van der Waals surface area contributed by atoms with Crippen molar-refractivity contribution in [1.82, 2.24) is 9.21 Å². The summed E-state index contributed by atoms with van der Waals surface area (Å²) in [5.41, 5.74) is 1.59. The lowest BCUT2D eigenvalue weighted by Gasteiger charge is -2.40. The summed E-state index contributed by atoms with van der Waals surface area (Å²) in [6.07, 6.45) is 7.88. The van der Waals surface area contributed by atoms with E-state index in [1.165, 1.54) is 4.31 Å². The highest BCUT2D eigenvalue weighted by Crippen LogP contribution is 2.37. The van der Waals surface area contributed by atoms with Crippen LogP contribution in [0.1, 0.15) is 46.0 Å². The largest absolute Gasteiger partial charge is 0.481 e. The maximum Gasteiger partial charge on any atom is 0.306 e. The molecule has 2 fully saturated rings. The van der Waals surface area contributed by atoms with Crippen LogP contribution in [0.4, 0.5) is 0 Å². The molecule has 0 radical (unpaired) electrons. The molecule has 0 saturated carbocycles. The van der Waals surface area contributed by atoms with Gasteiger partial charge in [0.05, 0.1) is 11.6 Å². The molecule has 2 aliphatic heterocycles. The number of aliphatic carboxylic acids is 1. The van der Waals surface area contributed by atoms with Crippen molar-refractivity contribution in [2.45, 2.75) is 52.0 Å². The molecule has 2 atom stereocenters. The lowest BCUT2D eigenvalue weighted by atomic mass is 9.83. The lowest BCUT2D eigenvalue weighted by molar-refractivity contribution is -0.145. The smallest absolute Gasteiger partial charge is 0.306 e. The van der Waals surface area contributed by atoms with Gasteiger partial charge in [0.1, 0.15) is 0 Å². The van der Waals surface area contributed by atoms with Crippen LogP contribution in [-0.4, -0.2) is 53.7 Å². The second kappa shape index (κ2) is 9.91. The van der Waals surface area contributed by atoms with E-state index < -0.39 is 16.9 Å². The third-order valence-corrected chi connectivity index (χ3v) is 6.75. The number of hydrogen-bond donors (Lipinski definition) is 2. The van der Waals surface area contributed by atoms with Gasteiger partial charge >= 0.3 is 5.97 Å². The number of carboxylic acids is 1. The molecule has 0 aliphatic carbocycles. The fourth-order valence-electron chi connectivity index (χ4n) is 4.16. The van der Waals surface area contributed by atoms with Crippen LogP contribution < -0.4 is 0 Å². The Hall–Kier alpha value is -2.09. The molecule has 0 spiro atoms. The van der Waals surface area contributed by atoms with E-state index in [4.69, 9.17) is 5.11 Å². The quantitative estimate of drug-likeness (QED) is 0.656. The van der Waals surface area contributed by atoms with Crippen LogP contribution in [-0.2, 0) is 20.5 Å². The van der Waals surface area contributed by atoms with Gasteiger partial charge in [-0.3, -0.25) is 13.9 Å². The Labute approximate surface area is 168 Å². The van der Waals surface area contributed by atoms with Gasteiger partial charge in [0, 0.05) is 25.6 Å². The summed E-state index contributed by atoms with van der Waals surface area (Å²) in [6.45, 7) is 8.35. The van der Waals surface area contributed by atoms with Crippen LogP contribution in [0.5, 0.6) is 0 Å². The summed E-state index contributed by atoms with van der Waals surface area (Å²) in [7, 11) is -2.78. The minimum atomic E-state index is -2.78. The molecule has 2 heterocycles. The van der Waals surface area contributed by atoms with Crippen LogP contribution >= 0.6 is 0 Å². The SMILES string of the molecule is C=C/C=C1/C[C@@H](CCC(=O)N2CCC(C(=O)O)CC2)[C@@H](C)N([SH](=O)=O)/C1=C/C. The van der Waals surface area contributed by atoms with Gasteiger partial charge in [-0.25, -0.2) is 8.42 Å². The molecule has 1 amide bonds. The van der Waals surface area contributed by atoms with Gasteiger partial charge in [-0.2, -0.15) is 0 Å². The summed E-state index contributed by atoms with van der Waals surface area (Å²) in [6, 6.07) is -0.222. The first-order valence-electron chi connectivity index (χ1n) is 9.72. The maximum atomic E-state index is 12.6. The van der Waals surface area contributed by atoms with E-state index in [0.29, 0.717) is 50.9 Å². The molecular formula is C20H30N2O5S. The summed E-state index contributed by atoms with van der Waals surface area (Å²) in [4.78, 5) is 25.3. The first-order valence-corrected chi connectivity index (χ1v) is 10.9. The number of rotatable bonds is 6. The van der Waals surface area contributed by atoms with E-state index in [1.54, 1.807) is 17.1 Å². The molecule has 1 N–H and O–H groups in total. The van der Waals surface area contributed by atoms with Crippen molar-refractivity contribution < 1.29 is 23.1 Å². The van der Waals surface area contributed by atoms with Crippen molar-refractivity contribution >= 4 is 22.8 Å². The van der Waals surface area contributed by atoms with Gasteiger partial charge in [0.25, 0.3) is 0 Å². The number of carboxylic acid groups (broad SMARTS) is 1. The van der Waals surface area contributed by atoms with Crippen LogP contribution in [0, 0.1) is 11.8 Å². The molecule has 0 unspecified atom stereocenters. The molecule has 0 aromatic heterocycles. The highest BCUT2D eigenvalue weighted by atomic mass is 32.2. The average Bonchev–Trinajstić information content (AvgIpc) is 2.67. The highest BCUT2D eigenvalue weighted by molar-refractivity contribution is 7.70. The van der Waals surface area contributed by atoms with Gasteiger partial charge in [0.2, 0.25) is 16.8 Å². The Morgan fingerprint density at radius 1 is 1.29 bits per heavy atom. The molecule has 28 heavy (non-hydrogen) atoms. The number of allylic oxidation sites excluding steroid dienone is 4. The summed E-state index contributed by atoms with van der Waals surface area (Å²) in [5, 5.41) is 9.07. The molecule has 0 aromatic carbocycles. The number of thiol groups is 1. The van der Waals surface area contributed by atoms with E-state index >= 15 is 0 Å². The summed E-state index contributed by atoms with van der Waals surface area (Å²) >= 11 is 0. The third kappa shape index (κ3) is 5.04. The Bertz CT molecular complexity index is 740. The third-order valence-electron chi connectivity index (χ3n) is 5.82. The minimum Gasteiger partial charge on any atom is -0.481 e. The zero-order chi connectivity index (χ0) is 20.8. The van der Waals surface area contributed by atoms with Crippen LogP contribution in [0.15, 0.2) is 36.1 Å². The van der Waals surface area contributed by atoms with Crippen molar-refractivity contribution in [2.75, 3.05) is 13.1 Å². The predicted octanol–water partition coefficient (Wildman–Crippen LogP) is 2.34. The van der Waals surface area contributed by atoms with Crippen molar-refractivity contribution in [3.05, 3.63) is 36.1 Å². The fourth-order valence-corrected chi connectivity index (χ4v) is 5.07. The number of piperidine rings is 2. The normalized spacial score (nSPS) is 26.8. The zero-order valence-electron chi connectivity index (χ0n) is 16.5. The van der Waals surface area contributed by atoms with Gasteiger partial charge < -0.3 is 10.0 Å². The Kier molecular flexibility index (Phi) is 7.86. The zero-order valence-corrected chi connectivity index (χ0v) is 17.4. The van der Waals surface area contributed by atoms with Crippen LogP contribution in [0.3, 0.4) is 0 Å². The fraction of sp³-hybridized carbons (Fsp3) is 0.600. The Balaban J connectivity index is 2.02. The summed E-state index contributed by atoms with van der Waals surface area (Å²) < 4.78 is 25.1. The standard InChI is InChI=1S/C20H30N2O5S/c1-4-6-17-13-16(14(3)22(28(26)27)18(17)5-2)7-8-19(23)21-11-9-15(10-12-21)20(24)25/h4-6,14-16,28H,1,7-13H2,2-3H3,(H,24,25)/b17-6-,18-5+/t14-,16-/m1/s1. The van der Waals surface area contributed by atoms with Gasteiger partial charge in [0.15, 0.2) is 0 Å². The van der Waals surface area contributed by atoms with Gasteiger partial charge in [-0.1, -0.05) is 24.8 Å². The lowest BCUT2D eigenvalue weighted by Crippen LogP contribution is -2.43. The number of likely N-dealkylation sites (tertiary alicyclic amines) is 1. The number of hydrogen-bond acceptors (Lipinski definition) is 4. The first-order chi connectivity index (χ1) is 13.3. The van der Waals surface area contributed by atoms with E-state index in [9.17, 15) is 18.0 Å². The van der Waals surface area contributed by atoms with Crippen molar-refractivity contribution in [3.8, 4) is 0 Å². The topological polar surface area (TPSA) is 95.0 Å². The minimum absolute atomic E-state index is 0.0141. The summed E-state index contributed by atoms with van der Waals surface area (Å²) in [5.74, 6) is -1.12. The molecule has 2 rings (SSSR count). The first kappa shape index (κ1) is 22.2. The number of carbonyl (C=O) groups excluding carboxylic acids is 1. The molecule has 2 saturated heterocycles. The van der Waals surface area contributed by atoms with E-state index in [2.05, 4.69) is 6.58 Å². The predicted molar refractivity (Wildman–Crippen MR) is 108 cm³/mol. The molecule has 156 valence electrons. The molecule has 2 aliphatic rings. The molecule has 0 bridgehead atoms. The van der Waals surface area contributed by atoms with Gasteiger partial charge in [-0.15, -0.1) is 0 Å². The number of carbonyl (C=O) groups is 2. The van der Waals surface area contributed by atoms with Crippen molar-refractivity contribution in [1.29, 1.82) is 0 Å². The van der Waals surface area contributed by atoms with Crippen LogP contribution in [0.2, 0.25) is 0 Å². The maximum absolute atomic E-state index is 12.6. The molecule has 0 aromatic rings.